The van der Waals surface area contributed by atoms with Gasteiger partial charge in [0.15, 0.2) is 0 Å². The van der Waals surface area contributed by atoms with Crippen molar-refractivity contribution in [3.05, 3.63) is 30.3 Å². The lowest BCUT2D eigenvalue weighted by Crippen LogP contribution is -2.33. The third kappa shape index (κ3) is 9.32. The van der Waals surface area contributed by atoms with Gasteiger partial charge in [-0.15, -0.1) is 0 Å². The summed E-state index contributed by atoms with van der Waals surface area (Å²) in [6, 6.07) is 9.48. The molecule has 1 aromatic rings. The van der Waals surface area contributed by atoms with Crippen molar-refractivity contribution in [3.63, 3.8) is 0 Å². The van der Waals surface area contributed by atoms with E-state index in [1.165, 1.54) is 12.8 Å². The van der Waals surface area contributed by atoms with Crippen LogP contribution in [0.3, 0.4) is 0 Å². The first-order valence-corrected chi connectivity index (χ1v) is 11.8. The van der Waals surface area contributed by atoms with Gasteiger partial charge in [-0.3, -0.25) is 9.59 Å². The Morgan fingerprint density at radius 1 is 1.03 bits per heavy atom. The molecular formula is C26H42O5. The van der Waals surface area contributed by atoms with Gasteiger partial charge in [0.05, 0.1) is 11.3 Å². The zero-order valence-corrected chi connectivity index (χ0v) is 20.4. The SMILES string of the molecule is CCC(C)(C)C(=O)OCCOc1ccccc1.CCC(C)C(=O)OC1(CC)CCCC1. The van der Waals surface area contributed by atoms with Gasteiger partial charge in [0.25, 0.3) is 0 Å². The zero-order chi connectivity index (χ0) is 23.3. The molecule has 0 spiro atoms. The van der Waals surface area contributed by atoms with E-state index >= 15 is 0 Å². The minimum absolute atomic E-state index is 0.00347. The number of ether oxygens (including phenoxy) is 3. The lowest BCUT2D eigenvalue weighted by atomic mass is 9.91. The number of carbonyl (C=O) groups is 2. The molecule has 0 bridgehead atoms. The topological polar surface area (TPSA) is 61.8 Å². The van der Waals surface area contributed by atoms with Crippen molar-refractivity contribution in [2.75, 3.05) is 13.2 Å². The van der Waals surface area contributed by atoms with E-state index in [-0.39, 0.29) is 30.1 Å². The van der Waals surface area contributed by atoms with Crippen LogP contribution in [0.25, 0.3) is 0 Å². The zero-order valence-electron chi connectivity index (χ0n) is 20.4. The number of hydrogen-bond acceptors (Lipinski definition) is 5. The molecule has 5 nitrogen and oxygen atoms in total. The van der Waals surface area contributed by atoms with Gasteiger partial charge in [-0.05, 0) is 70.9 Å². The fourth-order valence-corrected chi connectivity index (χ4v) is 3.18. The first kappa shape index (κ1) is 27.0. The van der Waals surface area contributed by atoms with Gasteiger partial charge in [-0.25, -0.2) is 0 Å². The third-order valence-corrected chi connectivity index (χ3v) is 6.26. The van der Waals surface area contributed by atoms with Crippen LogP contribution in [-0.4, -0.2) is 30.8 Å². The molecule has 31 heavy (non-hydrogen) atoms. The van der Waals surface area contributed by atoms with Crippen LogP contribution < -0.4 is 4.74 Å². The number of carbonyl (C=O) groups excluding carboxylic acids is 2. The maximum absolute atomic E-state index is 11.7. The van der Waals surface area contributed by atoms with Crippen molar-refractivity contribution in [1.29, 1.82) is 0 Å². The lowest BCUT2D eigenvalue weighted by Gasteiger charge is -2.29. The van der Waals surface area contributed by atoms with Gasteiger partial charge < -0.3 is 14.2 Å². The second kappa shape index (κ2) is 13.4. The van der Waals surface area contributed by atoms with Crippen molar-refractivity contribution in [3.8, 4) is 5.75 Å². The molecule has 0 radical (unpaired) electrons. The summed E-state index contributed by atoms with van der Waals surface area (Å²) in [5, 5.41) is 0. The molecule has 0 aliphatic heterocycles. The number of hydrogen-bond donors (Lipinski definition) is 0. The Labute approximate surface area is 188 Å². The third-order valence-electron chi connectivity index (χ3n) is 6.26. The van der Waals surface area contributed by atoms with E-state index in [2.05, 4.69) is 6.92 Å². The van der Waals surface area contributed by atoms with Crippen LogP contribution in [0, 0.1) is 11.3 Å². The molecule has 0 amide bonds. The number of para-hydroxylation sites is 1. The van der Waals surface area contributed by atoms with E-state index in [0.717, 1.165) is 37.9 Å². The van der Waals surface area contributed by atoms with Crippen LogP contribution in [0.4, 0.5) is 0 Å². The highest BCUT2D eigenvalue weighted by atomic mass is 16.6. The number of rotatable bonds is 10. The molecule has 2 rings (SSSR count). The fraction of sp³-hybridized carbons (Fsp3) is 0.692. The second-order valence-corrected chi connectivity index (χ2v) is 9.01. The molecule has 0 aromatic heterocycles. The van der Waals surface area contributed by atoms with Crippen molar-refractivity contribution < 1.29 is 23.8 Å². The molecule has 1 atom stereocenters. The summed E-state index contributed by atoms with van der Waals surface area (Å²) >= 11 is 0. The quantitative estimate of drug-likeness (QED) is 0.317. The van der Waals surface area contributed by atoms with Gasteiger partial charge in [0, 0.05) is 0 Å². The van der Waals surface area contributed by atoms with E-state index in [4.69, 9.17) is 14.2 Å². The first-order chi connectivity index (χ1) is 14.7. The van der Waals surface area contributed by atoms with E-state index < -0.39 is 5.41 Å². The van der Waals surface area contributed by atoms with Crippen LogP contribution in [-0.2, 0) is 19.1 Å². The summed E-state index contributed by atoms with van der Waals surface area (Å²) in [6.45, 7) is 12.5. The summed E-state index contributed by atoms with van der Waals surface area (Å²) < 4.78 is 16.2. The van der Waals surface area contributed by atoms with Gasteiger partial charge >= 0.3 is 11.9 Å². The number of esters is 2. The normalized spacial score (nSPS) is 15.9. The van der Waals surface area contributed by atoms with E-state index in [1.54, 1.807) is 0 Å². The van der Waals surface area contributed by atoms with Gasteiger partial charge in [0.2, 0.25) is 0 Å². The Balaban J connectivity index is 0.000000316. The average molecular weight is 435 g/mol. The molecule has 1 aliphatic rings. The van der Waals surface area contributed by atoms with Crippen LogP contribution >= 0.6 is 0 Å². The molecule has 1 aromatic carbocycles. The fourth-order valence-electron chi connectivity index (χ4n) is 3.18. The molecule has 176 valence electrons. The average Bonchev–Trinajstić information content (AvgIpc) is 3.25. The predicted molar refractivity (Wildman–Crippen MR) is 124 cm³/mol. The maximum Gasteiger partial charge on any atom is 0.311 e. The van der Waals surface area contributed by atoms with E-state index in [1.807, 2.05) is 65.0 Å². The monoisotopic (exact) mass is 434 g/mol. The Hall–Kier alpha value is -2.04. The highest BCUT2D eigenvalue weighted by Gasteiger charge is 2.36. The first-order valence-electron chi connectivity index (χ1n) is 11.8. The highest BCUT2D eigenvalue weighted by Crippen LogP contribution is 2.36. The van der Waals surface area contributed by atoms with E-state index in [0.29, 0.717) is 6.61 Å². The molecule has 0 saturated heterocycles. The standard InChI is InChI=1S/C14H20O3.C12H22O2/c1-4-14(2,3)13(15)17-11-10-16-12-8-6-5-7-9-12;1-4-10(3)11(13)14-12(5-2)8-6-7-9-12/h5-9H,4,10-11H2,1-3H3;10H,4-9H2,1-3H3. The van der Waals surface area contributed by atoms with Gasteiger partial charge in [0.1, 0.15) is 24.6 Å². The Morgan fingerprint density at radius 2 is 1.65 bits per heavy atom. The second-order valence-electron chi connectivity index (χ2n) is 9.01. The molecule has 1 saturated carbocycles. The van der Waals surface area contributed by atoms with Crippen LogP contribution in [0.5, 0.6) is 5.75 Å². The summed E-state index contributed by atoms with van der Waals surface area (Å²) in [5.41, 5.74) is -0.521. The van der Waals surface area contributed by atoms with Crippen LogP contribution in [0.1, 0.15) is 86.5 Å². The van der Waals surface area contributed by atoms with Crippen molar-refractivity contribution in [2.24, 2.45) is 11.3 Å². The molecule has 0 heterocycles. The summed E-state index contributed by atoms with van der Waals surface area (Å²) in [7, 11) is 0. The highest BCUT2D eigenvalue weighted by molar-refractivity contribution is 5.75. The largest absolute Gasteiger partial charge is 0.490 e. The molecular weight excluding hydrogens is 392 g/mol. The minimum Gasteiger partial charge on any atom is -0.490 e. The minimum atomic E-state index is -0.410. The number of benzene rings is 1. The summed E-state index contributed by atoms with van der Waals surface area (Å²) in [5.74, 6) is 0.672. The predicted octanol–water partition coefficient (Wildman–Crippen LogP) is 6.34. The maximum atomic E-state index is 11.7. The Morgan fingerprint density at radius 3 is 2.16 bits per heavy atom. The molecule has 0 N–H and O–H groups in total. The van der Waals surface area contributed by atoms with Crippen molar-refractivity contribution in [2.45, 2.75) is 92.1 Å². The van der Waals surface area contributed by atoms with Gasteiger partial charge in [-0.1, -0.05) is 45.9 Å². The summed E-state index contributed by atoms with van der Waals surface area (Å²) in [4.78, 5) is 23.3. The van der Waals surface area contributed by atoms with Crippen LogP contribution in [0.15, 0.2) is 30.3 Å². The Kier molecular flexibility index (Phi) is 11.7. The molecule has 1 unspecified atom stereocenters. The lowest BCUT2D eigenvalue weighted by molar-refractivity contribution is -0.164. The molecule has 1 fully saturated rings. The smallest absolute Gasteiger partial charge is 0.311 e. The van der Waals surface area contributed by atoms with E-state index in [9.17, 15) is 9.59 Å². The van der Waals surface area contributed by atoms with Crippen LogP contribution in [0.2, 0.25) is 0 Å². The summed E-state index contributed by atoms with van der Waals surface area (Å²) in [6.07, 6.45) is 7.15. The van der Waals surface area contributed by atoms with Crippen molar-refractivity contribution >= 4 is 11.9 Å². The molecule has 1 aliphatic carbocycles. The molecule has 5 heteroatoms. The van der Waals surface area contributed by atoms with Gasteiger partial charge in [-0.2, -0.15) is 0 Å². The Bertz CT molecular complexity index is 647. The van der Waals surface area contributed by atoms with Crippen molar-refractivity contribution in [1.82, 2.24) is 0 Å².